The van der Waals surface area contributed by atoms with Crippen molar-refractivity contribution in [2.75, 3.05) is 46.9 Å². The Bertz CT molecular complexity index is 1210. The van der Waals surface area contributed by atoms with Crippen LogP contribution in [0.4, 0.5) is 0 Å². The van der Waals surface area contributed by atoms with Gasteiger partial charge in [-0.05, 0) is 66.6 Å². The van der Waals surface area contributed by atoms with Gasteiger partial charge in [-0.15, -0.1) is 23.7 Å². The van der Waals surface area contributed by atoms with E-state index in [0.717, 1.165) is 45.7 Å². The highest BCUT2D eigenvalue weighted by atomic mass is 35.5. The molecule has 0 unspecified atom stereocenters. The van der Waals surface area contributed by atoms with Gasteiger partial charge in [-0.25, -0.2) is 0 Å². The van der Waals surface area contributed by atoms with Crippen molar-refractivity contribution in [2.24, 2.45) is 5.92 Å². The summed E-state index contributed by atoms with van der Waals surface area (Å²) in [5.41, 5.74) is 2.66. The zero-order chi connectivity index (χ0) is 23.7. The molecule has 6 rings (SSSR count). The van der Waals surface area contributed by atoms with Gasteiger partial charge in [0.1, 0.15) is 0 Å². The second-order valence-corrected chi connectivity index (χ2v) is 10.4. The van der Waals surface area contributed by atoms with Gasteiger partial charge in [-0.1, -0.05) is 30.3 Å². The number of benzene rings is 2. The molecule has 2 bridgehead atoms. The largest absolute Gasteiger partial charge is 0.383 e. The van der Waals surface area contributed by atoms with Crippen molar-refractivity contribution in [3.63, 3.8) is 0 Å². The summed E-state index contributed by atoms with van der Waals surface area (Å²) in [7, 11) is 3.42. The molecular formula is C27H32ClN3O3S. The Morgan fingerprint density at radius 3 is 2.63 bits per heavy atom. The number of ether oxygens (including phenoxy) is 1. The summed E-state index contributed by atoms with van der Waals surface area (Å²) in [6.45, 7) is 4.32. The van der Waals surface area contributed by atoms with Crippen LogP contribution in [0.5, 0.6) is 0 Å². The van der Waals surface area contributed by atoms with Crippen molar-refractivity contribution in [1.82, 2.24) is 15.1 Å². The van der Waals surface area contributed by atoms with Gasteiger partial charge in [0.25, 0.3) is 11.8 Å². The van der Waals surface area contributed by atoms with E-state index < -0.39 is 0 Å². The third kappa shape index (κ3) is 5.38. The van der Waals surface area contributed by atoms with Crippen molar-refractivity contribution in [1.29, 1.82) is 0 Å². The maximum Gasteiger partial charge on any atom is 0.261 e. The molecule has 1 atom stereocenters. The smallest absolute Gasteiger partial charge is 0.261 e. The first-order chi connectivity index (χ1) is 16.5. The average Bonchev–Trinajstić information content (AvgIpc) is 3.32. The molecule has 8 heteroatoms. The standard InChI is InChI=1S/C27H31N3O3S.ClH/c1-29(13-14-33-2)27(32)21-7-3-5-19(15-21)22-8-4-6-20-16-24(34-25(20)22)26(31)28-23-17-30-11-9-18(23)10-12-30;/h3-8,15-16,18,23H,9-14,17H2,1-2H3,(H,28,31);1H/t23-;/m0./s1. The van der Waals surface area contributed by atoms with Crippen LogP contribution in [0.1, 0.15) is 32.9 Å². The van der Waals surface area contributed by atoms with Crippen molar-refractivity contribution in [2.45, 2.75) is 18.9 Å². The van der Waals surface area contributed by atoms with Gasteiger partial charge >= 0.3 is 0 Å². The third-order valence-corrected chi connectivity index (χ3v) is 8.32. The van der Waals surface area contributed by atoms with Gasteiger partial charge < -0.3 is 19.9 Å². The first-order valence-corrected chi connectivity index (χ1v) is 12.8. The minimum absolute atomic E-state index is 0. The number of fused-ring (bicyclic) bond motifs is 4. The predicted octanol–water partition coefficient (Wildman–Crippen LogP) is 4.53. The summed E-state index contributed by atoms with van der Waals surface area (Å²) >= 11 is 1.53. The Morgan fingerprint density at radius 2 is 1.91 bits per heavy atom. The Morgan fingerprint density at radius 1 is 1.14 bits per heavy atom. The lowest BCUT2D eigenvalue weighted by atomic mass is 9.84. The highest BCUT2D eigenvalue weighted by Crippen LogP contribution is 2.36. The number of halogens is 1. The number of amides is 2. The molecule has 1 N–H and O–H groups in total. The highest BCUT2D eigenvalue weighted by molar-refractivity contribution is 7.21. The molecule has 1 aromatic heterocycles. The SMILES string of the molecule is COCCN(C)C(=O)c1cccc(-c2cccc3cc(C(=O)N[C@H]4CN5CCC4CC5)sc23)c1.Cl. The van der Waals surface area contributed by atoms with Crippen LogP contribution in [0.2, 0.25) is 0 Å². The summed E-state index contributed by atoms with van der Waals surface area (Å²) in [5, 5.41) is 4.36. The fourth-order valence-electron chi connectivity index (χ4n) is 5.14. The van der Waals surface area contributed by atoms with Gasteiger partial charge in [-0.2, -0.15) is 0 Å². The molecule has 3 fully saturated rings. The van der Waals surface area contributed by atoms with E-state index in [0.29, 0.717) is 24.6 Å². The number of piperidine rings is 3. The predicted molar refractivity (Wildman–Crippen MR) is 144 cm³/mol. The summed E-state index contributed by atoms with van der Waals surface area (Å²) < 4.78 is 6.16. The van der Waals surface area contributed by atoms with Gasteiger partial charge in [0.05, 0.1) is 11.5 Å². The molecule has 3 saturated heterocycles. The molecule has 3 aliphatic rings. The Hall–Kier alpha value is -2.45. The zero-order valence-electron chi connectivity index (χ0n) is 20.2. The Labute approximate surface area is 216 Å². The van der Waals surface area contributed by atoms with Crippen LogP contribution in [0.3, 0.4) is 0 Å². The Balaban J connectivity index is 0.00000289. The van der Waals surface area contributed by atoms with Crippen molar-refractivity contribution in [3.05, 3.63) is 59.0 Å². The number of hydrogen-bond donors (Lipinski definition) is 1. The molecule has 0 radical (unpaired) electrons. The fraction of sp³-hybridized carbons (Fsp3) is 0.407. The van der Waals surface area contributed by atoms with Crippen LogP contribution in [0, 0.1) is 5.92 Å². The molecule has 3 aromatic rings. The molecule has 2 aromatic carbocycles. The second-order valence-electron chi connectivity index (χ2n) is 9.35. The second kappa shape index (κ2) is 11.1. The van der Waals surface area contributed by atoms with Gasteiger partial charge in [-0.3, -0.25) is 9.59 Å². The van der Waals surface area contributed by atoms with Crippen molar-refractivity contribution < 1.29 is 14.3 Å². The molecule has 2 amide bonds. The van der Waals surface area contributed by atoms with Crippen LogP contribution >= 0.6 is 23.7 Å². The number of likely N-dealkylation sites (N-methyl/N-ethyl adjacent to an activating group) is 1. The lowest BCUT2D eigenvalue weighted by molar-refractivity contribution is 0.0622. The average molecular weight is 514 g/mol. The van der Waals surface area contributed by atoms with Crippen LogP contribution in [0.25, 0.3) is 21.2 Å². The van der Waals surface area contributed by atoms with Crippen LogP contribution in [-0.4, -0.2) is 74.6 Å². The van der Waals surface area contributed by atoms with E-state index in [2.05, 4.69) is 16.3 Å². The number of hydrogen-bond acceptors (Lipinski definition) is 5. The lowest BCUT2D eigenvalue weighted by Gasteiger charge is -2.44. The van der Waals surface area contributed by atoms with E-state index in [1.165, 1.54) is 24.2 Å². The van der Waals surface area contributed by atoms with E-state index in [9.17, 15) is 9.59 Å². The summed E-state index contributed by atoms with van der Waals surface area (Å²) in [5.74, 6) is 0.589. The van der Waals surface area contributed by atoms with Crippen LogP contribution < -0.4 is 5.32 Å². The highest BCUT2D eigenvalue weighted by Gasteiger charge is 2.35. The van der Waals surface area contributed by atoms with E-state index in [-0.39, 0.29) is 30.3 Å². The van der Waals surface area contributed by atoms with Crippen molar-refractivity contribution in [3.8, 4) is 11.1 Å². The van der Waals surface area contributed by atoms with Gasteiger partial charge in [0, 0.05) is 43.6 Å². The maximum atomic E-state index is 13.1. The molecule has 35 heavy (non-hydrogen) atoms. The monoisotopic (exact) mass is 513 g/mol. The number of carbonyl (C=O) groups is 2. The van der Waals surface area contributed by atoms with E-state index >= 15 is 0 Å². The first-order valence-electron chi connectivity index (χ1n) is 11.9. The normalized spacial score (nSPS) is 20.9. The third-order valence-electron chi connectivity index (χ3n) is 7.14. The number of nitrogens with one attached hydrogen (secondary N) is 1. The minimum atomic E-state index is -0.0326. The zero-order valence-corrected chi connectivity index (χ0v) is 21.8. The summed E-state index contributed by atoms with van der Waals surface area (Å²) in [6, 6.07) is 16.1. The summed E-state index contributed by atoms with van der Waals surface area (Å²) in [4.78, 5) is 30.8. The van der Waals surface area contributed by atoms with E-state index in [1.54, 1.807) is 19.1 Å². The van der Waals surface area contributed by atoms with E-state index in [4.69, 9.17) is 4.74 Å². The quantitative estimate of drug-likeness (QED) is 0.504. The maximum absolute atomic E-state index is 13.1. The molecule has 6 nitrogen and oxygen atoms in total. The molecule has 186 valence electrons. The Kier molecular flexibility index (Phi) is 8.12. The van der Waals surface area contributed by atoms with Gasteiger partial charge in [0.15, 0.2) is 0 Å². The molecule has 3 aliphatic heterocycles. The topological polar surface area (TPSA) is 61.9 Å². The van der Waals surface area contributed by atoms with Crippen LogP contribution in [0.15, 0.2) is 48.5 Å². The molecular weight excluding hydrogens is 482 g/mol. The fourth-order valence-corrected chi connectivity index (χ4v) is 6.24. The van der Waals surface area contributed by atoms with Crippen molar-refractivity contribution >= 4 is 45.6 Å². The van der Waals surface area contributed by atoms with E-state index in [1.807, 2.05) is 42.5 Å². The number of methoxy groups -OCH3 is 1. The number of carbonyl (C=O) groups excluding carboxylic acids is 2. The number of thiophene rings is 1. The number of nitrogens with zero attached hydrogens (tertiary/aromatic N) is 2. The molecule has 4 heterocycles. The van der Waals surface area contributed by atoms with Crippen LogP contribution in [-0.2, 0) is 4.74 Å². The molecule has 0 aliphatic carbocycles. The lowest BCUT2D eigenvalue weighted by Crippen LogP contribution is -2.57. The molecule has 0 saturated carbocycles. The number of rotatable bonds is 7. The molecule has 0 spiro atoms. The first kappa shape index (κ1) is 25.6. The minimum Gasteiger partial charge on any atom is -0.383 e. The van der Waals surface area contributed by atoms with Gasteiger partial charge in [0.2, 0.25) is 0 Å². The summed E-state index contributed by atoms with van der Waals surface area (Å²) in [6.07, 6.45) is 2.36.